The molecular formula is C16H13Cl2FN2O2S. The Kier molecular flexibility index (Phi) is 6.48. The Morgan fingerprint density at radius 3 is 2.58 bits per heavy atom. The molecule has 2 amide bonds. The molecule has 0 spiro atoms. The van der Waals surface area contributed by atoms with E-state index in [1.807, 2.05) is 0 Å². The van der Waals surface area contributed by atoms with Gasteiger partial charge in [0.15, 0.2) is 0 Å². The highest BCUT2D eigenvalue weighted by atomic mass is 35.5. The first-order chi connectivity index (χ1) is 11.3. The van der Waals surface area contributed by atoms with Gasteiger partial charge in [-0.25, -0.2) is 4.39 Å². The van der Waals surface area contributed by atoms with E-state index in [9.17, 15) is 14.0 Å². The summed E-state index contributed by atoms with van der Waals surface area (Å²) in [6.07, 6.45) is 0. The Morgan fingerprint density at radius 2 is 1.88 bits per heavy atom. The van der Waals surface area contributed by atoms with E-state index in [0.29, 0.717) is 20.6 Å². The van der Waals surface area contributed by atoms with E-state index in [4.69, 9.17) is 23.2 Å². The molecule has 0 bridgehead atoms. The van der Waals surface area contributed by atoms with E-state index in [1.54, 1.807) is 18.2 Å². The van der Waals surface area contributed by atoms with Crippen molar-refractivity contribution in [2.45, 2.75) is 11.8 Å². The van der Waals surface area contributed by atoms with Gasteiger partial charge in [0.1, 0.15) is 5.82 Å². The van der Waals surface area contributed by atoms with Crippen molar-refractivity contribution in [3.63, 3.8) is 0 Å². The van der Waals surface area contributed by atoms with Gasteiger partial charge in [-0.1, -0.05) is 23.2 Å². The Morgan fingerprint density at radius 1 is 1.12 bits per heavy atom. The molecule has 0 aromatic heterocycles. The molecule has 0 aliphatic heterocycles. The molecule has 4 nitrogen and oxygen atoms in total. The van der Waals surface area contributed by atoms with E-state index in [0.717, 1.165) is 0 Å². The summed E-state index contributed by atoms with van der Waals surface area (Å²) < 4.78 is 13.8. The minimum Gasteiger partial charge on any atom is -0.326 e. The van der Waals surface area contributed by atoms with Crippen molar-refractivity contribution in [1.82, 2.24) is 0 Å². The van der Waals surface area contributed by atoms with Gasteiger partial charge < -0.3 is 10.6 Å². The average molecular weight is 387 g/mol. The lowest BCUT2D eigenvalue weighted by molar-refractivity contribution is -0.114. The van der Waals surface area contributed by atoms with E-state index < -0.39 is 11.7 Å². The van der Waals surface area contributed by atoms with Gasteiger partial charge >= 0.3 is 0 Å². The zero-order chi connectivity index (χ0) is 17.7. The number of hydrogen-bond acceptors (Lipinski definition) is 3. The number of hydrogen-bond donors (Lipinski definition) is 2. The van der Waals surface area contributed by atoms with Crippen LogP contribution in [0.1, 0.15) is 6.92 Å². The molecule has 8 heteroatoms. The van der Waals surface area contributed by atoms with E-state index in [2.05, 4.69) is 10.6 Å². The van der Waals surface area contributed by atoms with Crippen LogP contribution in [-0.4, -0.2) is 17.6 Å². The van der Waals surface area contributed by atoms with Gasteiger partial charge in [-0.3, -0.25) is 9.59 Å². The lowest BCUT2D eigenvalue weighted by Gasteiger charge is -2.09. The van der Waals surface area contributed by atoms with E-state index in [1.165, 1.54) is 36.9 Å². The minimum atomic E-state index is -0.594. The first-order valence-corrected chi connectivity index (χ1v) is 8.54. The number of carbonyl (C=O) groups is 2. The molecule has 0 saturated carbocycles. The lowest BCUT2D eigenvalue weighted by Crippen LogP contribution is -2.15. The van der Waals surface area contributed by atoms with Crippen LogP contribution in [0.4, 0.5) is 15.8 Å². The highest BCUT2D eigenvalue weighted by Crippen LogP contribution is 2.30. The smallest absolute Gasteiger partial charge is 0.234 e. The summed E-state index contributed by atoms with van der Waals surface area (Å²) in [6.45, 7) is 1.34. The molecule has 2 aromatic rings. The van der Waals surface area contributed by atoms with Crippen LogP contribution >= 0.6 is 35.0 Å². The van der Waals surface area contributed by atoms with Crippen LogP contribution < -0.4 is 10.6 Å². The fraction of sp³-hybridized carbons (Fsp3) is 0.125. The first-order valence-electron chi connectivity index (χ1n) is 6.80. The van der Waals surface area contributed by atoms with Gasteiger partial charge in [0.05, 0.1) is 16.5 Å². The summed E-state index contributed by atoms with van der Waals surface area (Å²) >= 11 is 13.1. The monoisotopic (exact) mass is 386 g/mol. The van der Waals surface area contributed by atoms with Crippen LogP contribution in [0.3, 0.4) is 0 Å². The maximum absolute atomic E-state index is 13.8. The van der Waals surface area contributed by atoms with Crippen molar-refractivity contribution in [1.29, 1.82) is 0 Å². The van der Waals surface area contributed by atoms with Gasteiger partial charge in [-0.15, -0.1) is 11.8 Å². The molecule has 0 heterocycles. The van der Waals surface area contributed by atoms with Gasteiger partial charge in [0.2, 0.25) is 11.8 Å². The molecule has 2 rings (SSSR count). The second-order valence-corrected chi connectivity index (χ2v) is 6.65. The van der Waals surface area contributed by atoms with Crippen molar-refractivity contribution in [3.8, 4) is 0 Å². The number of amides is 2. The molecule has 0 aliphatic rings. The van der Waals surface area contributed by atoms with Crippen LogP contribution in [-0.2, 0) is 9.59 Å². The molecule has 24 heavy (non-hydrogen) atoms. The van der Waals surface area contributed by atoms with Gasteiger partial charge in [0, 0.05) is 22.5 Å². The number of thioether (sulfide) groups is 1. The number of halogens is 3. The highest BCUT2D eigenvalue weighted by molar-refractivity contribution is 8.00. The van der Waals surface area contributed by atoms with Crippen molar-refractivity contribution >= 4 is 58.2 Å². The van der Waals surface area contributed by atoms with Gasteiger partial charge in [-0.2, -0.15) is 0 Å². The quantitative estimate of drug-likeness (QED) is 0.724. The molecule has 0 radical (unpaired) electrons. The molecule has 0 saturated heterocycles. The second-order valence-electron chi connectivity index (χ2n) is 4.79. The fourth-order valence-corrected chi connectivity index (χ4v) is 3.11. The minimum absolute atomic E-state index is 0.0101. The zero-order valence-corrected chi connectivity index (χ0v) is 14.9. The number of anilines is 2. The van der Waals surface area contributed by atoms with Gasteiger partial charge in [0.25, 0.3) is 0 Å². The summed E-state index contributed by atoms with van der Waals surface area (Å²) in [5.41, 5.74) is 0.383. The van der Waals surface area contributed by atoms with Crippen molar-refractivity contribution < 1.29 is 14.0 Å². The van der Waals surface area contributed by atoms with Crippen LogP contribution in [0, 0.1) is 5.82 Å². The Balaban J connectivity index is 2.01. The highest BCUT2D eigenvalue weighted by Gasteiger charge is 2.11. The average Bonchev–Trinajstić information content (AvgIpc) is 2.51. The van der Waals surface area contributed by atoms with Crippen LogP contribution in [0.25, 0.3) is 0 Å². The topological polar surface area (TPSA) is 58.2 Å². The predicted molar refractivity (Wildman–Crippen MR) is 96.5 cm³/mol. The molecule has 0 unspecified atom stereocenters. The molecule has 0 atom stereocenters. The third-order valence-electron chi connectivity index (χ3n) is 2.81. The molecule has 0 aliphatic carbocycles. The lowest BCUT2D eigenvalue weighted by atomic mass is 10.2. The number of carbonyl (C=O) groups excluding carboxylic acids is 2. The number of rotatable bonds is 5. The largest absolute Gasteiger partial charge is 0.326 e. The zero-order valence-electron chi connectivity index (χ0n) is 12.5. The summed E-state index contributed by atoms with van der Waals surface area (Å²) in [7, 11) is 0. The third-order valence-corrected chi connectivity index (χ3v) is 4.54. The normalized spacial score (nSPS) is 10.3. The molecular weight excluding hydrogens is 374 g/mol. The number of nitrogens with one attached hydrogen (secondary N) is 2. The fourth-order valence-electron chi connectivity index (χ4n) is 1.82. The number of benzene rings is 2. The summed E-state index contributed by atoms with van der Waals surface area (Å²) in [4.78, 5) is 23.7. The van der Waals surface area contributed by atoms with Crippen LogP contribution in [0.5, 0.6) is 0 Å². The first kappa shape index (κ1) is 18.6. The van der Waals surface area contributed by atoms with Crippen molar-refractivity contribution in [3.05, 3.63) is 52.3 Å². The summed E-state index contributed by atoms with van der Waals surface area (Å²) in [6, 6.07) is 8.87. The Bertz CT molecular complexity index is 787. The predicted octanol–water partition coefficient (Wildman–Crippen LogP) is 4.82. The maximum Gasteiger partial charge on any atom is 0.234 e. The van der Waals surface area contributed by atoms with E-state index >= 15 is 0 Å². The standard InChI is InChI=1S/C16H13Cl2FN2O2S/c1-9(22)20-11-3-5-13(19)14(7-11)21-16(23)8-24-15-6-10(17)2-4-12(15)18/h2-7H,8H2,1H3,(H,20,22)(H,21,23). The van der Waals surface area contributed by atoms with Crippen molar-refractivity contribution in [2.24, 2.45) is 0 Å². The molecule has 2 aromatic carbocycles. The van der Waals surface area contributed by atoms with E-state index in [-0.39, 0.29) is 17.3 Å². The van der Waals surface area contributed by atoms with Crippen LogP contribution in [0.15, 0.2) is 41.3 Å². The Labute approximate surface area is 152 Å². The van der Waals surface area contributed by atoms with Crippen LogP contribution in [0.2, 0.25) is 10.0 Å². The maximum atomic E-state index is 13.8. The third kappa shape index (κ3) is 5.40. The molecule has 0 fully saturated rings. The Hall–Kier alpha value is -1.76. The SMILES string of the molecule is CC(=O)Nc1ccc(F)c(NC(=O)CSc2cc(Cl)ccc2Cl)c1. The van der Waals surface area contributed by atoms with Gasteiger partial charge in [-0.05, 0) is 36.4 Å². The molecule has 126 valence electrons. The summed E-state index contributed by atoms with van der Waals surface area (Å²) in [5, 5.41) is 5.98. The van der Waals surface area contributed by atoms with Crippen molar-refractivity contribution in [2.75, 3.05) is 16.4 Å². The summed E-state index contributed by atoms with van der Waals surface area (Å²) in [5.74, 6) is -1.26. The molecule has 2 N–H and O–H groups in total. The second kappa shape index (κ2) is 8.37.